The lowest BCUT2D eigenvalue weighted by Gasteiger charge is -2.24. The van der Waals surface area contributed by atoms with Gasteiger partial charge in [-0.05, 0) is 58.8 Å². The maximum absolute atomic E-state index is 12.8. The molecule has 1 amide bonds. The Kier molecular flexibility index (Phi) is 3.94. The molecule has 2 heterocycles. The number of nitrogens with zero attached hydrogens (tertiary/aromatic N) is 1. The van der Waals surface area contributed by atoms with E-state index < -0.39 is 0 Å². The third-order valence-corrected chi connectivity index (χ3v) is 5.83. The fourth-order valence-electron chi connectivity index (χ4n) is 2.75. The Morgan fingerprint density at radius 2 is 2.20 bits per heavy atom. The maximum Gasteiger partial charge on any atom is 0.255 e. The van der Waals surface area contributed by atoms with Crippen LogP contribution in [-0.2, 0) is 0 Å². The van der Waals surface area contributed by atoms with Crippen LogP contribution < -0.4 is 0 Å². The molecule has 0 aliphatic carbocycles. The van der Waals surface area contributed by atoms with Crippen molar-refractivity contribution in [2.45, 2.75) is 25.8 Å². The lowest BCUT2D eigenvalue weighted by Crippen LogP contribution is -2.30. The van der Waals surface area contributed by atoms with E-state index in [4.69, 9.17) is 0 Å². The number of amides is 1. The Labute approximate surface area is 131 Å². The Hall–Kier alpha value is -1.13. The molecule has 0 spiro atoms. The van der Waals surface area contributed by atoms with Gasteiger partial charge >= 0.3 is 0 Å². The van der Waals surface area contributed by atoms with Crippen LogP contribution in [0.2, 0.25) is 0 Å². The van der Waals surface area contributed by atoms with Crippen molar-refractivity contribution >= 4 is 33.2 Å². The molecule has 4 heteroatoms. The normalized spacial score (nSPS) is 18.5. The number of benzene rings is 1. The first kappa shape index (κ1) is 13.8. The molecule has 2 nitrogen and oxygen atoms in total. The van der Waals surface area contributed by atoms with E-state index in [2.05, 4.69) is 33.4 Å². The molecule has 1 fully saturated rings. The van der Waals surface area contributed by atoms with Crippen molar-refractivity contribution in [1.29, 1.82) is 0 Å². The van der Waals surface area contributed by atoms with Gasteiger partial charge in [-0.1, -0.05) is 18.2 Å². The molecule has 2 aromatic rings. The van der Waals surface area contributed by atoms with Crippen LogP contribution >= 0.6 is 27.3 Å². The van der Waals surface area contributed by atoms with Crippen molar-refractivity contribution in [3.63, 3.8) is 0 Å². The van der Waals surface area contributed by atoms with Gasteiger partial charge in [-0.3, -0.25) is 4.79 Å². The van der Waals surface area contributed by atoms with Gasteiger partial charge in [-0.25, -0.2) is 0 Å². The van der Waals surface area contributed by atoms with Crippen molar-refractivity contribution in [1.82, 2.24) is 4.90 Å². The topological polar surface area (TPSA) is 20.3 Å². The van der Waals surface area contributed by atoms with Crippen LogP contribution in [0.15, 0.2) is 40.2 Å². The third-order valence-electron chi connectivity index (χ3n) is 3.81. The molecular formula is C16H16BrNOS. The van der Waals surface area contributed by atoms with Crippen LogP contribution in [0.25, 0.3) is 0 Å². The third kappa shape index (κ3) is 2.42. The molecule has 1 atom stereocenters. The number of likely N-dealkylation sites (tertiary alicyclic amines) is 1. The first-order valence-corrected chi connectivity index (χ1v) is 8.45. The highest BCUT2D eigenvalue weighted by Gasteiger charge is 2.31. The summed E-state index contributed by atoms with van der Waals surface area (Å²) in [6.07, 6.45) is 2.15. The Morgan fingerprint density at radius 1 is 1.35 bits per heavy atom. The van der Waals surface area contributed by atoms with Crippen LogP contribution in [0.3, 0.4) is 0 Å². The van der Waals surface area contributed by atoms with Gasteiger partial charge in [-0.15, -0.1) is 11.3 Å². The number of aryl methyl sites for hydroxylation is 1. The SMILES string of the molecule is Cc1cccc(C(=O)N2CCCC2c2cccs2)c1Br. The van der Waals surface area contributed by atoms with Crippen molar-refractivity contribution in [2.24, 2.45) is 0 Å². The average molecular weight is 350 g/mol. The van der Waals surface area contributed by atoms with Crippen LogP contribution in [0.1, 0.15) is 39.7 Å². The van der Waals surface area contributed by atoms with E-state index in [9.17, 15) is 4.79 Å². The van der Waals surface area contributed by atoms with Crippen molar-refractivity contribution in [3.05, 3.63) is 56.2 Å². The second-order valence-corrected chi connectivity index (χ2v) is 6.88. The molecule has 1 aromatic carbocycles. The Bertz CT molecular complexity index is 623. The molecule has 1 aliphatic heterocycles. The summed E-state index contributed by atoms with van der Waals surface area (Å²) in [5.74, 6) is 0.136. The van der Waals surface area contributed by atoms with Gasteiger partial charge in [0.05, 0.1) is 11.6 Å². The second kappa shape index (κ2) is 5.70. The standard InChI is InChI=1S/C16H16BrNOS/c1-11-5-2-6-12(15(11)17)16(19)18-9-3-7-13(18)14-8-4-10-20-14/h2,4-6,8,10,13H,3,7,9H2,1H3. The zero-order chi connectivity index (χ0) is 14.1. The molecule has 0 N–H and O–H groups in total. The number of carbonyl (C=O) groups excluding carboxylic acids is 1. The molecule has 1 aliphatic rings. The predicted molar refractivity (Wildman–Crippen MR) is 86.2 cm³/mol. The molecule has 0 bridgehead atoms. The number of hydrogen-bond donors (Lipinski definition) is 0. The van der Waals surface area contributed by atoms with Gasteiger partial charge < -0.3 is 4.90 Å². The van der Waals surface area contributed by atoms with Crippen LogP contribution in [-0.4, -0.2) is 17.4 Å². The summed E-state index contributed by atoms with van der Waals surface area (Å²) in [6, 6.07) is 10.3. The highest BCUT2D eigenvalue weighted by Crippen LogP contribution is 2.36. The average Bonchev–Trinajstić information content (AvgIpc) is 3.10. The second-order valence-electron chi connectivity index (χ2n) is 5.11. The molecule has 1 unspecified atom stereocenters. The van der Waals surface area contributed by atoms with Gasteiger partial charge in [-0.2, -0.15) is 0 Å². The predicted octanol–water partition coefficient (Wildman–Crippen LogP) is 4.80. The summed E-state index contributed by atoms with van der Waals surface area (Å²) in [5.41, 5.74) is 1.87. The number of rotatable bonds is 2. The Morgan fingerprint density at radius 3 is 2.95 bits per heavy atom. The monoisotopic (exact) mass is 349 g/mol. The smallest absolute Gasteiger partial charge is 0.255 e. The highest BCUT2D eigenvalue weighted by atomic mass is 79.9. The van der Waals surface area contributed by atoms with Crippen molar-refractivity contribution in [3.8, 4) is 0 Å². The summed E-state index contributed by atoms with van der Waals surface area (Å²) in [4.78, 5) is 16.1. The van der Waals surface area contributed by atoms with Gasteiger partial charge in [0.2, 0.25) is 0 Å². The molecule has 104 valence electrons. The fraction of sp³-hybridized carbons (Fsp3) is 0.312. The van der Waals surface area contributed by atoms with E-state index in [-0.39, 0.29) is 11.9 Å². The Balaban J connectivity index is 1.92. The van der Waals surface area contributed by atoms with E-state index in [1.807, 2.05) is 30.0 Å². The first-order chi connectivity index (χ1) is 9.68. The van der Waals surface area contributed by atoms with Crippen LogP contribution in [0.5, 0.6) is 0 Å². The lowest BCUT2D eigenvalue weighted by molar-refractivity contribution is 0.0737. The zero-order valence-corrected chi connectivity index (χ0v) is 13.7. The van der Waals surface area contributed by atoms with Gasteiger partial charge in [0.1, 0.15) is 0 Å². The molecule has 3 rings (SSSR count). The summed E-state index contributed by atoms with van der Waals surface area (Å²) in [5, 5.41) is 2.08. The van der Waals surface area contributed by atoms with E-state index in [1.165, 1.54) is 4.88 Å². The highest BCUT2D eigenvalue weighted by molar-refractivity contribution is 9.10. The summed E-state index contributed by atoms with van der Waals surface area (Å²) >= 11 is 5.29. The van der Waals surface area contributed by atoms with Crippen molar-refractivity contribution < 1.29 is 4.79 Å². The minimum atomic E-state index is 0.136. The van der Waals surface area contributed by atoms with Crippen LogP contribution in [0.4, 0.5) is 0 Å². The zero-order valence-electron chi connectivity index (χ0n) is 11.3. The fourth-order valence-corrected chi connectivity index (χ4v) is 4.06. The van der Waals surface area contributed by atoms with E-state index in [1.54, 1.807) is 11.3 Å². The van der Waals surface area contributed by atoms with E-state index in [0.717, 1.165) is 35.0 Å². The summed E-state index contributed by atoms with van der Waals surface area (Å²) in [6.45, 7) is 2.86. The van der Waals surface area contributed by atoms with Crippen LogP contribution in [0, 0.1) is 6.92 Å². The molecule has 1 saturated heterocycles. The van der Waals surface area contributed by atoms with Gasteiger partial charge in [0.15, 0.2) is 0 Å². The molecule has 0 saturated carbocycles. The lowest BCUT2D eigenvalue weighted by atomic mass is 10.1. The maximum atomic E-state index is 12.8. The molecular weight excluding hydrogens is 334 g/mol. The molecule has 0 radical (unpaired) electrons. The van der Waals surface area contributed by atoms with Gasteiger partial charge in [0.25, 0.3) is 5.91 Å². The summed E-state index contributed by atoms with van der Waals surface area (Å²) in [7, 11) is 0. The largest absolute Gasteiger partial charge is 0.331 e. The van der Waals surface area contributed by atoms with Crippen molar-refractivity contribution in [2.75, 3.05) is 6.54 Å². The summed E-state index contributed by atoms with van der Waals surface area (Å²) < 4.78 is 0.918. The van der Waals surface area contributed by atoms with E-state index >= 15 is 0 Å². The first-order valence-electron chi connectivity index (χ1n) is 6.78. The van der Waals surface area contributed by atoms with Gasteiger partial charge in [0, 0.05) is 15.9 Å². The quantitative estimate of drug-likeness (QED) is 0.762. The molecule has 1 aromatic heterocycles. The number of hydrogen-bond acceptors (Lipinski definition) is 2. The number of halogens is 1. The number of carbonyl (C=O) groups is 1. The van der Waals surface area contributed by atoms with E-state index in [0.29, 0.717) is 0 Å². The minimum Gasteiger partial charge on any atom is -0.331 e. The minimum absolute atomic E-state index is 0.136. The number of thiophene rings is 1. The molecule has 20 heavy (non-hydrogen) atoms.